The van der Waals surface area contributed by atoms with Crippen molar-refractivity contribution >= 4 is 6.29 Å². The predicted molar refractivity (Wildman–Crippen MR) is 45.0 cm³/mol. The molecule has 1 fully saturated rings. The highest BCUT2D eigenvalue weighted by Gasteiger charge is 2.38. The van der Waals surface area contributed by atoms with Gasteiger partial charge in [-0.2, -0.15) is 0 Å². The van der Waals surface area contributed by atoms with Crippen molar-refractivity contribution in [1.82, 2.24) is 0 Å². The lowest BCUT2D eigenvalue weighted by Gasteiger charge is -2.37. The Balaban J connectivity index is 2.69. The van der Waals surface area contributed by atoms with Crippen LogP contribution >= 0.6 is 0 Å². The molecule has 0 amide bonds. The van der Waals surface area contributed by atoms with Crippen LogP contribution in [0.4, 0.5) is 0 Å². The molecule has 0 saturated carbocycles. The molecular weight excluding hydrogens is 156 g/mol. The molecule has 0 aromatic carbocycles. The average molecular weight is 172 g/mol. The summed E-state index contributed by atoms with van der Waals surface area (Å²) in [5.41, 5.74) is -0.600. The lowest BCUT2D eigenvalue weighted by Crippen LogP contribution is -2.46. The van der Waals surface area contributed by atoms with Crippen LogP contribution in [0.2, 0.25) is 0 Å². The van der Waals surface area contributed by atoms with E-state index >= 15 is 0 Å². The minimum Gasteiger partial charge on any atom is -0.375 e. The van der Waals surface area contributed by atoms with Crippen molar-refractivity contribution in [3.05, 3.63) is 0 Å². The third kappa shape index (κ3) is 1.84. The monoisotopic (exact) mass is 172 g/mol. The van der Waals surface area contributed by atoms with Gasteiger partial charge >= 0.3 is 0 Å². The van der Waals surface area contributed by atoms with E-state index in [0.717, 1.165) is 6.29 Å². The van der Waals surface area contributed by atoms with E-state index in [0.29, 0.717) is 12.8 Å². The lowest BCUT2D eigenvalue weighted by molar-refractivity contribution is -0.158. The molecule has 0 radical (unpaired) electrons. The summed E-state index contributed by atoms with van der Waals surface area (Å²) >= 11 is 0. The van der Waals surface area contributed by atoms with Gasteiger partial charge in [0.1, 0.15) is 5.60 Å². The van der Waals surface area contributed by atoms with Crippen molar-refractivity contribution in [2.75, 3.05) is 7.11 Å². The third-order valence-corrected chi connectivity index (χ3v) is 2.35. The molecule has 0 spiro atoms. The lowest BCUT2D eigenvalue weighted by atomic mass is 9.89. The Morgan fingerprint density at radius 3 is 2.25 bits per heavy atom. The van der Waals surface area contributed by atoms with Gasteiger partial charge in [-0.3, -0.25) is 0 Å². The topological polar surface area (TPSA) is 35.5 Å². The second kappa shape index (κ2) is 3.54. The number of hydrogen-bond donors (Lipinski definition) is 0. The van der Waals surface area contributed by atoms with Crippen molar-refractivity contribution < 1.29 is 14.3 Å². The average Bonchev–Trinajstić information content (AvgIpc) is 2.02. The Morgan fingerprint density at radius 2 is 1.92 bits per heavy atom. The van der Waals surface area contributed by atoms with E-state index in [1.54, 1.807) is 7.11 Å². The number of rotatable bonds is 2. The van der Waals surface area contributed by atoms with E-state index in [2.05, 4.69) is 0 Å². The minimum atomic E-state index is -0.600. The summed E-state index contributed by atoms with van der Waals surface area (Å²) in [4.78, 5) is 10.8. The minimum absolute atomic E-state index is 0.110. The summed E-state index contributed by atoms with van der Waals surface area (Å²) in [7, 11) is 1.58. The van der Waals surface area contributed by atoms with Gasteiger partial charge < -0.3 is 14.3 Å². The summed E-state index contributed by atoms with van der Waals surface area (Å²) in [6, 6.07) is 0. The maximum absolute atomic E-state index is 10.8. The highest BCUT2D eigenvalue weighted by Crippen LogP contribution is 2.29. The Bertz CT molecular complexity index is 157. The molecule has 2 unspecified atom stereocenters. The summed E-state index contributed by atoms with van der Waals surface area (Å²) < 4.78 is 10.7. The fraction of sp³-hybridized carbons (Fsp3) is 0.889. The molecule has 0 aromatic rings. The largest absolute Gasteiger partial charge is 0.375 e. The zero-order valence-electron chi connectivity index (χ0n) is 7.87. The van der Waals surface area contributed by atoms with E-state index in [-0.39, 0.29) is 12.2 Å². The van der Waals surface area contributed by atoms with Gasteiger partial charge in [0.25, 0.3) is 0 Å². The van der Waals surface area contributed by atoms with Crippen molar-refractivity contribution in [2.24, 2.45) is 0 Å². The van der Waals surface area contributed by atoms with Gasteiger partial charge in [-0.25, -0.2) is 0 Å². The Morgan fingerprint density at radius 1 is 1.42 bits per heavy atom. The van der Waals surface area contributed by atoms with Gasteiger partial charge in [0.15, 0.2) is 6.29 Å². The number of hydrogen-bond acceptors (Lipinski definition) is 3. The molecule has 1 aliphatic heterocycles. The van der Waals surface area contributed by atoms with Crippen molar-refractivity contribution in [3.63, 3.8) is 0 Å². The zero-order chi connectivity index (χ0) is 9.19. The van der Waals surface area contributed by atoms with E-state index in [4.69, 9.17) is 9.47 Å². The van der Waals surface area contributed by atoms with Crippen LogP contribution in [-0.2, 0) is 14.3 Å². The molecule has 1 aliphatic rings. The van der Waals surface area contributed by atoms with Crippen LogP contribution in [-0.4, -0.2) is 31.2 Å². The van der Waals surface area contributed by atoms with Gasteiger partial charge in [-0.05, 0) is 13.8 Å². The van der Waals surface area contributed by atoms with Gasteiger partial charge in [0.2, 0.25) is 0 Å². The first-order valence-corrected chi connectivity index (χ1v) is 4.29. The number of ether oxygens (including phenoxy) is 2. The molecule has 0 aromatic heterocycles. The molecule has 3 nitrogen and oxygen atoms in total. The fourth-order valence-corrected chi connectivity index (χ4v) is 1.86. The molecule has 70 valence electrons. The van der Waals surface area contributed by atoms with E-state index in [1.165, 1.54) is 0 Å². The molecule has 1 saturated heterocycles. The highest BCUT2D eigenvalue weighted by molar-refractivity contribution is 5.62. The Labute approximate surface area is 73.0 Å². The predicted octanol–water partition coefficient (Wildman–Crippen LogP) is 1.16. The second-order valence-electron chi connectivity index (χ2n) is 3.55. The zero-order valence-corrected chi connectivity index (χ0v) is 7.87. The second-order valence-corrected chi connectivity index (χ2v) is 3.55. The Kier molecular flexibility index (Phi) is 2.85. The fourth-order valence-electron chi connectivity index (χ4n) is 1.86. The van der Waals surface area contributed by atoms with E-state index in [9.17, 15) is 4.79 Å². The standard InChI is InChI=1S/C9H16O3/c1-7-4-9(6-10,11-3)5-8(2)12-7/h6-8H,4-5H2,1-3H3. The van der Waals surface area contributed by atoms with Crippen molar-refractivity contribution in [3.8, 4) is 0 Å². The molecule has 1 heterocycles. The quantitative estimate of drug-likeness (QED) is 0.586. The highest BCUT2D eigenvalue weighted by atomic mass is 16.5. The smallest absolute Gasteiger partial charge is 0.152 e. The molecule has 3 heteroatoms. The van der Waals surface area contributed by atoms with Crippen LogP contribution in [0.5, 0.6) is 0 Å². The maximum Gasteiger partial charge on any atom is 0.152 e. The summed E-state index contributed by atoms with van der Waals surface area (Å²) in [6.45, 7) is 3.93. The van der Waals surface area contributed by atoms with E-state index < -0.39 is 5.60 Å². The van der Waals surface area contributed by atoms with Gasteiger partial charge in [0.05, 0.1) is 12.2 Å². The number of carbonyl (C=O) groups excluding carboxylic acids is 1. The van der Waals surface area contributed by atoms with Crippen LogP contribution in [0.1, 0.15) is 26.7 Å². The van der Waals surface area contributed by atoms with Crippen LogP contribution < -0.4 is 0 Å². The van der Waals surface area contributed by atoms with Crippen LogP contribution in [0, 0.1) is 0 Å². The number of carbonyl (C=O) groups is 1. The molecule has 1 rings (SSSR count). The van der Waals surface area contributed by atoms with E-state index in [1.807, 2.05) is 13.8 Å². The normalized spacial score (nSPS) is 42.6. The Hall–Kier alpha value is -0.410. The molecular formula is C9H16O3. The molecule has 0 N–H and O–H groups in total. The summed E-state index contributed by atoms with van der Waals surface area (Å²) in [5, 5.41) is 0. The summed E-state index contributed by atoms with van der Waals surface area (Å²) in [6.07, 6.45) is 2.45. The van der Waals surface area contributed by atoms with Crippen molar-refractivity contribution in [2.45, 2.75) is 44.5 Å². The van der Waals surface area contributed by atoms with Crippen LogP contribution in [0.3, 0.4) is 0 Å². The van der Waals surface area contributed by atoms with Gasteiger partial charge in [-0.1, -0.05) is 0 Å². The molecule has 0 bridgehead atoms. The SMILES string of the molecule is COC1(C=O)CC(C)OC(C)C1. The summed E-state index contributed by atoms with van der Waals surface area (Å²) in [5.74, 6) is 0. The third-order valence-electron chi connectivity index (χ3n) is 2.35. The number of methoxy groups -OCH3 is 1. The van der Waals surface area contributed by atoms with Gasteiger partial charge in [-0.15, -0.1) is 0 Å². The van der Waals surface area contributed by atoms with Gasteiger partial charge in [0, 0.05) is 20.0 Å². The first-order valence-electron chi connectivity index (χ1n) is 4.29. The molecule has 2 atom stereocenters. The number of aldehydes is 1. The molecule has 12 heavy (non-hydrogen) atoms. The van der Waals surface area contributed by atoms with Crippen LogP contribution in [0.25, 0.3) is 0 Å². The van der Waals surface area contributed by atoms with Crippen LogP contribution in [0.15, 0.2) is 0 Å². The first-order chi connectivity index (χ1) is 5.62. The maximum atomic E-state index is 10.8. The molecule has 0 aliphatic carbocycles. The van der Waals surface area contributed by atoms with Crippen molar-refractivity contribution in [1.29, 1.82) is 0 Å². The first kappa shape index (κ1) is 9.68.